The number of thioether (sulfide) groups is 2. The SMILES string of the molecule is CCSC(C=O)(SCC)C1CCCC(=O)C1. The van der Waals surface area contributed by atoms with Crippen LogP contribution in [0.2, 0.25) is 0 Å². The standard InChI is InChI=1S/C12H20O2S2/c1-3-15-12(9-13,16-4-2)10-6-5-7-11(14)8-10/h9-10H,3-8H2,1-2H3. The van der Waals surface area contributed by atoms with Crippen LogP contribution in [0.25, 0.3) is 0 Å². The van der Waals surface area contributed by atoms with E-state index < -0.39 is 0 Å². The molecule has 1 fully saturated rings. The molecule has 0 aromatic carbocycles. The Morgan fingerprint density at radius 2 is 2.00 bits per heavy atom. The topological polar surface area (TPSA) is 34.1 Å². The molecule has 92 valence electrons. The highest BCUT2D eigenvalue weighted by atomic mass is 32.2. The van der Waals surface area contributed by atoms with Crippen LogP contribution >= 0.6 is 23.5 Å². The summed E-state index contributed by atoms with van der Waals surface area (Å²) in [6.45, 7) is 4.15. The van der Waals surface area contributed by atoms with Gasteiger partial charge in [0.25, 0.3) is 0 Å². The molecule has 0 aliphatic heterocycles. The second-order valence-corrected chi connectivity index (χ2v) is 7.38. The quantitative estimate of drug-likeness (QED) is 0.543. The maximum absolute atomic E-state index is 11.5. The Labute approximate surface area is 106 Å². The smallest absolute Gasteiger partial charge is 0.146 e. The minimum absolute atomic E-state index is 0.237. The van der Waals surface area contributed by atoms with Gasteiger partial charge in [-0.05, 0) is 30.3 Å². The fourth-order valence-electron chi connectivity index (χ4n) is 2.26. The van der Waals surface area contributed by atoms with Gasteiger partial charge in [0.2, 0.25) is 0 Å². The number of Topliss-reactive ketones (excluding diaryl/α,β-unsaturated/α-hetero) is 1. The van der Waals surface area contributed by atoms with E-state index in [1.54, 1.807) is 23.5 Å². The third kappa shape index (κ3) is 3.27. The summed E-state index contributed by atoms with van der Waals surface area (Å²) >= 11 is 3.40. The number of hydrogen-bond acceptors (Lipinski definition) is 4. The van der Waals surface area contributed by atoms with Gasteiger partial charge in [-0.25, -0.2) is 0 Å². The largest absolute Gasteiger partial charge is 0.301 e. The van der Waals surface area contributed by atoms with E-state index in [0.29, 0.717) is 18.6 Å². The van der Waals surface area contributed by atoms with E-state index in [9.17, 15) is 9.59 Å². The molecule has 2 nitrogen and oxygen atoms in total. The van der Waals surface area contributed by atoms with Crippen molar-refractivity contribution in [3.8, 4) is 0 Å². The van der Waals surface area contributed by atoms with Crippen LogP contribution in [-0.4, -0.2) is 27.7 Å². The third-order valence-corrected chi connectivity index (χ3v) is 6.00. The number of carbonyl (C=O) groups excluding carboxylic acids is 2. The zero-order chi connectivity index (χ0) is 12.0. The molecule has 0 heterocycles. The molecular weight excluding hydrogens is 240 g/mol. The minimum Gasteiger partial charge on any atom is -0.301 e. The van der Waals surface area contributed by atoms with Crippen molar-refractivity contribution in [3.63, 3.8) is 0 Å². The Morgan fingerprint density at radius 3 is 2.44 bits per heavy atom. The lowest BCUT2D eigenvalue weighted by Gasteiger charge is -2.36. The molecule has 0 aromatic heterocycles. The Kier molecular flexibility index (Phi) is 5.90. The number of carbonyl (C=O) groups is 2. The summed E-state index contributed by atoms with van der Waals surface area (Å²) in [5, 5.41) is 0. The van der Waals surface area contributed by atoms with Crippen LogP contribution in [0.4, 0.5) is 0 Å². The van der Waals surface area contributed by atoms with Gasteiger partial charge < -0.3 is 4.79 Å². The zero-order valence-electron chi connectivity index (χ0n) is 10.0. The maximum atomic E-state index is 11.5. The van der Waals surface area contributed by atoms with E-state index in [0.717, 1.165) is 30.6 Å². The summed E-state index contributed by atoms with van der Waals surface area (Å²) in [5.41, 5.74) is 0. The van der Waals surface area contributed by atoms with E-state index in [-0.39, 0.29) is 10.00 Å². The fourth-order valence-corrected chi connectivity index (χ4v) is 5.21. The lowest BCUT2D eigenvalue weighted by Crippen LogP contribution is -2.37. The molecule has 1 unspecified atom stereocenters. The predicted octanol–water partition coefficient (Wildman–Crippen LogP) is 3.15. The number of ketones is 1. The van der Waals surface area contributed by atoms with Crippen LogP contribution in [0.3, 0.4) is 0 Å². The van der Waals surface area contributed by atoms with Crippen LogP contribution in [-0.2, 0) is 9.59 Å². The van der Waals surface area contributed by atoms with Gasteiger partial charge in [0, 0.05) is 12.8 Å². The first kappa shape index (κ1) is 14.1. The van der Waals surface area contributed by atoms with Crippen LogP contribution < -0.4 is 0 Å². The highest BCUT2D eigenvalue weighted by molar-refractivity contribution is 8.19. The normalized spacial score (nSPS) is 22.1. The molecule has 1 aliphatic rings. The Morgan fingerprint density at radius 1 is 1.38 bits per heavy atom. The van der Waals surface area contributed by atoms with Crippen molar-refractivity contribution in [2.45, 2.75) is 43.6 Å². The van der Waals surface area contributed by atoms with Gasteiger partial charge in [-0.15, -0.1) is 23.5 Å². The van der Waals surface area contributed by atoms with Crippen molar-refractivity contribution in [1.82, 2.24) is 0 Å². The lowest BCUT2D eigenvalue weighted by atomic mass is 9.86. The summed E-state index contributed by atoms with van der Waals surface area (Å²) < 4.78 is -0.375. The monoisotopic (exact) mass is 260 g/mol. The van der Waals surface area contributed by atoms with E-state index >= 15 is 0 Å². The van der Waals surface area contributed by atoms with E-state index in [1.165, 1.54) is 0 Å². The van der Waals surface area contributed by atoms with E-state index in [1.807, 2.05) is 0 Å². The Balaban J connectivity index is 2.80. The first-order valence-electron chi connectivity index (χ1n) is 5.94. The molecule has 1 aliphatic carbocycles. The van der Waals surface area contributed by atoms with Crippen LogP contribution in [0.1, 0.15) is 39.5 Å². The lowest BCUT2D eigenvalue weighted by molar-refractivity contribution is -0.121. The third-order valence-electron chi connectivity index (χ3n) is 2.96. The molecule has 0 N–H and O–H groups in total. The summed E-state index contributed by atoms with van der Waals surface area (Å²) in [5.74, 6) is 2.42. The molecule has 0 spiro atoms. The Hall–Kier alpha value is 0.0400. The second kappa shape index (κ2) is 6.70. The van der Waals surface area contributed by atoms with Crippen LogP contribution in [0, 0.1) is 5.92 Å². The van der Waals surface area contributed by atoms with Gasteiger partial charge >= 0.3 is 0 Å². The molecule has 16 heavy (non-hydrogen) atoms. The first-order valence-corrected chi connectivity index (χ1v) is 7.91. The van der Waals surface area contributed by atoms with Crippen LogP contribution in [0.5, 0.6) is 0 Å². The van der Waals surface area contributed by atoms with Crippen molar-refractivity contribution in [3.05, 3.63) is 0 Å². The molecule has 1 saturated carbocycles. The van der Waals surface area contributed by atoms with Crippen molar-refractivity contribution in [1.29, 1.82) is 0 Å². The molecule has 1 atom stereocenters. The minimum atomic E-state index is -0.375. The summed E-state index contributed by atoms with van der Waals surface area (Å²) in [6.07, 6.45) is 4.36. The predicted molar refractivity (Wildman–Crippen MR) is 72.0 cm³/mol. The van der Waals surface area contributed by atoms with E-state index in [2.05, 4.69) is 13.8 Å². The molecule has 0 amide bonds. The molecular formula is C12H20O2S2. The summed E-state index contributed by atoms with van der Waals surface area (Å²) in [7, 11) is 0. The summed E-state index contributed by atoms with van der Waals surface area (Å²) in [6, 6.07) is 0. The van der Waals surface area contributed by atoms with Gasteiger partial charge in [0.15, 0.2) is 0 Å². The number of aldehydes is 1. The molecule has 0 aromatic rings. The molecule has 1 rings (SSSR count). The first-order chi connectivity index (χ1) is 7.68. The maximum Gasteiger partial charge on any atom is 0.146 e. The Bertz CT molecular complexity index is 247. The highest BCUT2D eigenvalue weighted by Crippen LogP contribution is 2.46. The number of hydrogen-bond donors (Lipinski definition) is 0. The average molecular weight is 260 g/mol. The van der Waals surface area contributed by atoms with Crippen molar-refractivity contribution < 1.29 is 9.59 Å². The fraction of sp³-hybridized carbons (Fsp3) is 0.833. The van der Waals surface area contributed by atoms with Crippen molar-refractivity contribution >= 4 is 35.6 Å². The van der Waals surface area contributed by atoms with Gasteiger partial charge in [-0.2, -0.15) is 0 Å². The van der Waals surface area contributed by atoms with Crippen molar-refractivity contribution in [2.24, 2.45) is 5.92 Å². The molecule has 0 bridgehead atoms. The highest BCUT2D eigenvalue weighted by Gasteiger charge is 2.41. The van der Waals surface area contributed by atoms with E-state index in [4.69, 9.17) is 0 Å². The van der Waals surface area contributed by atoms with Crippen molar-refractivity contribution in [2.75, 3.05) is 11.5 Å². The van der Waals surface area contributed by atoms with Gasteiger partial charge in [-0.3, -0.25) is 4.79 Å². The van der Waals surface area contributed by atoms with Gasteiger partial charge in [0.05, 0.1) is 0 Å². The zero-order valence-corrected chi connectivity index (χ0v) is 11.7. The molecule has 4 heteroatoms. The average Bonchev–Trinajstić information content (AvgIpc) is 2.28. The molecule has 0 radical (unpaired) electrons. The summed E-state index contributed by atoms with van der Waals surface area (Å²) in [4.78, 5) is 23.0. The van der Waals surface area contributed by atoms with Crippen LogP contribution in [0.15, 0.2) is 0 Å². The number of rotatable bonds is 6. The van der Waals surface area contributed by atoms with Gasteiger partial charge in [-0.1, -0.05) is 13.8 Å². The molecule has 0 saturated heterocycles. The van der Waals surface area contributed by atoms with Gasteiger partial charge in [0.1, 0.15) is 16.1 Å². The second-order valence-electron chi connectivity index (χ2n) is 4.04.